The molecule has 1 heteroatoms. The third kappa shape index (κ3) is 8.52. The van der Waals surface area contributed by atoms with Gasteiger partial charge in [-0.1, -0.05) is 59.3 Å². The minimum Gasteiger partial charge on any atom is -0.125 e. The SMILES string of the molecule is CCCCC(CCCC)(CCCC)CCCPC. The Morgan fingerprint density at radius 1 is 0.667 bits per heavy atom. The molecular formula is C17H37P. The maximum atomic E-state index is 2.35. The molecule has 0 radical (unpaired) electrons. The van der Waals surface area contributed by atoms with Gasteiger partial charge in [0.05, 0.1) is 0 Å². The van der Waals surface area contributed by atoms with Crippen LogP contribution < -0.4 is 0 Å². The van der Waals surface area contributed by atoms with E-state index in [0.717, 1.165) is 8.58 Å². The van der Waals surface area contributed by atoms with Crippen LogP contribution in [-0.2, 0) is 0 Å². The summed E-state index contributed by atoms with van der Waals surface area (Å²) in [6, 6.07) is 0. The van der Waals surface area contributed by atoms with E-state index >= 15 is 0 Å². The van der Waals surface area contributed by atoms with Crippen molar-refractivity contribution in [2.75, 3.05) is 12.8 Å². The fourth-order valence-electron chi connectivity index (χ4n) is 3.05. The molecule has 0 saturated carbocycles. The van der Waals surface area contributed by atoms with Crippen LogP contribution in [0, 0.1) is 5.41 Å². The molecule has 1 atom stereocenters. The normalized spacial score (nSPS) is 12.7. The molecule has 0 aromatic rings. The smallest absolute Gasteiger partial charge is 0.0297 e. The minimum atomic E-state index is 0.710. The van der Waals surface area contributed by atoms with E-state index in [-0.39, 0.29) is 0 Å². The highest BCUT2D eigenvalue weighted by Gasteiger charge is 2.27. The number of hydrogen-bond acceptors (Lipinski definition) is 0. The molecule has 0 nitrogen and oxygen atoms in total. The van der Waals surface area contributed by atoms with Crippen LogP contribution >= 0.6 is 8.58 Å². The van der Waals surface area contributed by atoms with Gasteiger partial charge in [-0.15, -0.1) is 8.58 Å². The van der Waals surface area contributed by atoms with E-state index < -0.39 is 0 Å². The highest BCUT2D eigenvalue weighted by Crippen LogP contribution is 2.41. The van der Waals surface area contributed by atoms with Crippen molar-refractivity contribution in [2.45, 2.75) is 91.4 Å². The van der Waals surface area contributed by atoms with Crippen molar-refractivity contribution in [2.24, 2.45) is 5.41 Å². The number of hydrogen-bond donors (Lipinski definition) is 0. The molecule has 0 aliphatic rings. The van der Waals surface area contributed by atoms with Crippen LogP contribution in [0.2, 0.25) is 0 Å². The fraction of sp³-hybridized carbons (Fsp3) is 1.00. The second-order valence-electron chi connectivity index (χ2n) is 6.02. The van der Waals surface area contributed by atoms with Crippen molar-refractivity contribution in [3.8, 4) is 0 Å². The summed E-state index contributed by atoms with van der Waals surface area (Å²) in [6.07, 6.45) is 17.4. The van der Waals surface area contributed by atoms with E-state index in [1.54, 1.807) is 0 Å². The van der Waals surface area contributed by atoms with E-state index in [1.807, 2.05) is 0 Å². The predicted octanol–water partition coefficient (Wildman–Crippen LogP) is 6.63. The Bertz CT molecular complexity index is 143. The van der Waals surface area contributed by atoms with Gasteiger partial charge >= 0.3 is 0 Å². The lowest BCUT2D eigenvalue weighted by Crippen LogP contribution is -2.21. The van der Waals surface area contributed by atoms with Gasteiger partial charge in [0, 0.05) is 0 Å². The molecule has 110 valence electrons. The van der Waals surface area contributed by atoms with Gasteiger partial charge in [-0.05, 0) is 50.3 Å². The van der Waals surface area contributed by atoms with Gasteiger partial charge in [0.15, 0.2) is 0 Å². The van der Waals surface area contributed by atoms with Crippen molar-refractivity contribution < 1.29 is 0 Å². The molecule has 0 spiro atoms. The second-order valence-corrected chi connectivity index (χ2v) is 7.22. The third-order valence-corrected chi connectivity index (χ3v) is 5.17. The highest BCUT2D eigenvalue weighted by molar-refractivity contribution is 7.36. The Hall–Kier alpha value is 0.430. The Kier molecular flexibility index (Phi) is 12.8. The Labute approximate surface area is 118 Å². The standard InChI is InChI=1S/C17H37P/c1-5-8-12-17(13-9-6-2,14-10-7-3)15-11-16-18-4/h18H,5-16H2,1-4H3. The molecule has 0 fully saturated rings. The average Bonchev–Trinajstić information content (AvgIpc) is 2.40. The third-order valence-electron chi connectivity index (χ3n) is 4.32. The lowest BCUT2D eigenvalue weighted by molar-refractivity contribution is 0.181. The maximum Gasteiger partial charge on any atom is -0.0297 e. The second kappa shape index (κ2) is 12.5. The van der Waals surface area contributed by atoms with Crippen LogP contribution in [0.4, 0.5) is 0 Å². The van der Waals surface area contributed by atoms with Crippen LogP contribution in [0.25, 0.3) is 0 Å². The molecule has 0 aliphatic heterocycles. The summed E-state index contributed by atoms with van der Waals surface area (Å²) in [5, 5.41) is 0. The van der Waals surface area contributed by atoms with Gasteiger partial charge in [0.25, 0.3) is 0 Å². The molecule has 0 amide bonds. The van der Waals surface area contributed by atoms with E-state index in [1.165, 1.54) is 76.8 Å². The molecule has 0 bridgehead atoms. The van der Waals surface area contributed by atoms with Crippen molar-refractivity contribution in [3.63, 3.8) is 0 Å². The first-order valence-electron chi connectivity index (χ1n) is 8.39. The van der Waals surface area contributed by atoms with Crippen molar-refractivity contribution in [3.05, 3.63) is 0 Å². The van der Waals surface area contributed by atoms with Crippen LogP contribution in [0.1, 0.15) is 91.4 Å². The van der Waals surface area contributed by atoms with E-state index in [2.05, 4.69) is 27.4 Å². The van der Waals surface area contributed by atoms with Gasteiger partial charge < -0.3 is 0 Å². The highest BCUT2D eigenvalue weighted by atomic mass is 31.1. The van der Waals surface area contributed by atoms with Crippen molar-refractivity contribution >= 4 is 8.58 Å². The molecule has 0 N–H and O–H groups in total. The summed E-state index contributed by atoms with van der Waals surface area (Å²) < 4.78 is 0. The minimum absolute atomic E-state index is 0.710. The Morgan fingerprint density at radius 2 is 1.06 bits per heavy atom. The van der Waals surface area contributed by atoms with Gasteiger partial charge in [-0.2, -0.15) is 0 Å². The summed E-state index contributed by atoms with van der Waals surface area (Å²) in [5.74, 6) is 0. The van der Waals surface area contributed by atoms with Crippen LogP contribution in [0.15, 0.2) is 0 Å². The molecule has 0 aliphatic carbocycles. The lowest BCUT2D eigenvalue weighted by atomic mass is 9.71. The van der Waals surface area contributed by atoms with E-state index in [9.17, 15) is 0 Å². The molecule has 0 saturated heterocycles. The average molecular weight is 272 g/mol. The topological polar surface area (TPSA) is 0 Å². The first kappa shape index (κ1) is 18.4. The molecule has 0 rings (SSSR count). The summed E-state index contributed by atoms with van der Waals surface area (Å²) >= 11 is 0. The first-order chi connectivity index (χ1) is 8.74. The fourth-order valence-corrected chi connectivity index (χ4v) is 3.58. The summed E-state index contributed by atoms with van der Waals surface area (Å²) in [5.41, 5.74) is 0.710. The summed E-state index contributed by atoms with van der Waals surface area (Å²) in [4.78, 5) is 0. The number of rotatable bonds is 13. The van der Waals surface area contributed by atoms with Crippen LogP contribution in [-0.4, -0.2) is 12.8 Å². The number of unbranched alkanes of at least 4 members (excludes halogenated alkanes) is 3. The van der Waals surface area contributed by atoms with Gasteiger partial charge in [0.1, 0.15) is 0 Å². The molecule has 18 heavy (non-hydrogen) atoms. The molecule has 0 heterocycles. The maximum absolute atomic E-state index is 2.35. The van der Waals surface area contributed by atoms with Crippen LogP contribution in [0.3, 0.4) is 0 Å². The van der Waals surface area contributed by atoms with Gasteiger partial charge in [-0.25, -0.2) is 0 Å². The van der Waals surface area contributed by atoms with Gasteiger partial charge in [-0.3, -0.25) is 0 Å². The molecule has 0 aromatic carbocycles. The first-order valence-corrected chi connectivity index (χ1v) is 10.1. The van der Waals surface area contributed by atoms with E-state index in [4.69, 9.17) is 0 Å². The lowest BCUT2D eigenvalue weighted by Gasteiger charge is -2.35. The molecular weight excluding hydrogens is 235 g/mol. The molecule has 1 unspecified atom stereocenters. The van der Waals surface area contributed by atoms with Crippen molar-refractivity contribution in [1.82, 2.24) is 0 Å². The zero-order chi connectivity index (χ0) is 13.7. The zero-order valence-corrected chi connectivity index (χ0v) is 14.5. The monoisotopic (exact) mass is 272 g/mol. The van der Waals surface area contributed by atoms with Gasteiger partial charge in [0.2, 0.25) is 0 Å². The largest absolute Gasteiger partial charge is 0.125 e. The summed E-state index contributed by atoms with van der Waals surface area (Å²) in [7, 11) is 1.15. The summed E-state index contributed by atoms with van der Waals surface area (Å²) in [6.45, 7) is 9.39. The molecule has 0 aromatic heterocycles. The zero-order valence-electron chi connectivity index (χ0n) is 13.5. The Balaban J connectivity index is 4.41. The van der Waals surface area contributed by atoms with Crippen LogP contribution in [0.5, 0.6) is 0 Å². The van der Waals surface area contributed by atoms with E-state index in [0.29, 0.717) is 5.41 Å². The quantitative estimate of drug-likeness (QED) is 0.261. The predicted molar refractivity (Wildman–Crippen MR) is 89.3 cm³/mol. The Morgan fingerprint density at radius 3 is 1.39 bits per heavy atom. The van der Waals surface area contributed by atoms with Crippen molar-refractivity contribution in [1.29, 1.82) is 0 Å².